The topological polar surface area (TPSA) is 80.5 Å². The number of benzene rings is 2. The molecule has 1 heterocycles. The summed E-state index contributed by atoms with van der Waals surface area (Å²) in [4.78, 5) is 38.9. The van der Waals surface area contributed by atoms with Crippen LogP contribution in [-0.4, -0.2) is 16.6 Å². The van der Waals surface area contributed by atoms with Crippen molar-refractivity contribution < 1.29 is 14.5 Å². The number of amides is 1. The number of nitro groups is 1. The molecule has 6 nitrogen and oxygen atoms in total. The Kier molecular flexibility index (Phi) is 5.40. The molecule has 1 atom stereocenters. The molecule has 0 saturated heterocycles. The van der Waals surface area contributed by atoms with E-state index in [2.05, 4.69) is 0 Å². The summed E-state index contributed by atoms with van der Waals surface area (Å²) in [5.74, 6) is -0.753. The van der Waals surface area contributed by atoms with E-state index in [1.54, 1.807) is 30.3 Å². The maximum atomic E-state index is 13.4. The van der Waals surface area contributed by atoms with Crippen LogP contribution < -0.4 is 4.90 Å². The van der Waals surface area contributed by atoms with Gasteiger partial charge in [-0.15, -0.1) is 0 Å². The molecule has 31 heavy (non-hydrogen) atoms. The monoisotopic (exact) mass is 458 g/mol. The molecule has 0 fully saturated rings. The number of nitrogens with zero attached hydrogens (tertiary/aromatic N) is 2. The summed E-state index contributed by atoms with van der Waals surface area (Å²) in [5.41, 5.74) is 1.75. The van der Waals surface area contributed by atoms with Crippen molar-refractivity contribution in [3.63, 3.8) is 0 Å². The van der Waals surface area contributed by atoms with Gasteiger partial charge < -0.3 is 0 Å². The van der Waals surface area contributed by atoms with Crippen LogP contribution in [0, 0.1) is 15.5 Å². The molecule has 160 valence electrons. The van der Waals surface area contributed by atoms with E-state index in [-0.39, 0.29) is 29.2 Å². The van der Waals surface area contributed by atoms with Crippen LogP contribution in [0.25, 0.3) is 0 Å². The Labute approximate surface area is 189 Å². The Morgan fingerprint density at radius 2 is 1.84 bits per heavy atom. The van der Waals surface area contributed by atoms with Gasteiger partial charge in [0, 0.05) is 52.2 Å². The van der Waals surface area contributed by atoms with Crippen molar-refractivity contribution in [1.29, 1.82) is 0 Å². The molecule has 8 heteroatoms. The molecule has 1 amide bonds. The molecule has 1 aliphatic heterocycles. The van der Waals surface area contributed by atoms with Crippen LogP contribution in [0.3, 0.4) is 0 Å². The van der Waals surface area contributed by atoms with Gasteiger partial charge in [0.25, 0.3) is 5.69 Å². The number of rotatable bonds is 3. The van der Waals surface area contributed by atoms with Crippen LogP contribution >= 0.6 is 23.2 Å². The molecule has 0 spiro atoms. The number of halogens is 2. The Morgan fingerprint density at radius 1 is 1.10 bits per heavy atom. The van der Waals surface area contributed by atoms with Gasteiger partial charge in [-0.1, -0.05) is 49.2 Å². The lowest BCUT2D eigenvalue weighted by molar-refractivity contribution is -0.384. The first-order valence-electron chi connectivity index (χ1n) is 9.86. The SMILES string of the molecule is CC1(C)CC(=O)C2=C(C1)N(c1cccc([N+](=O)[O-])c1)C(=O)CC2c1ccc(Cl)cc1Cl. The van der Waals surface area contributed by atoms with Crippen molar-refractivity contribution >= 4 is 46.3 Å². The van der Waals surface area contributed by atoms with E-state index >= 15 is 0 Å². The fraction of sp³-hybridized carbons (Fsp3) is 0.304. The summed E-state index contributed by atoms with van der Waals surface area (Å²) in [5, 5.41) is 12.1. The molecule has 2 aromatic rings. The number of ketones is 1. The Balaban J connectivity index is 1.92. The van der Waals surface area contributed by atoms with Gasteiger partial charge in [0.2, 0.25) is 5.91 Å². The van der Waals surface area contributed by atoms with Crippen LogP contribution in [0.5, 0.6) is 0 Å². The first-order valence-corrected chi connectivity index (χ1v) is 10.6. The van der Waals surface area contributed by atoms with E-state index in [1.165, 1.54) is 17.0 Å². The molecule has 1 unspecified atom stereocenters. The van der Waals surface area contributed by atoms with Crippen molar-refractivity contribution in [1.82, 2.24) is 0 Å². The van der Waals surface area contributed by atoms with Gasteiger partial charge in [-0.25, -0.2) is 0 Å². The normalized spacial score (nSPS) is 20.6. The third-order valence-corrected chi connectivity index (χ3v) is 6.34. The molecule has 0 radical (unpaired) electrons. The summed E-state index contributed by atoms with van der Waals surface area (Å²) in [6, 6.07) is 11.0. The number of hydrogen-bond acceptors (Lipinski definition) is 4. The molecule has 0 N–H and O–H groups in total. The first kappa shape index (κ1) is 21.5. The predicted octanol–water partition coefficient (Wildman–Crippen LogP) is 6.07. The number of Topliss-reactive ketones (excluding diaryl/α,β-unsaturated/α-hetero) is 1. The highest BCUT2D eigenvalue weighted by Gasteiger charge is 2.44. The highest BCUT2D eigenvalue weighted by atomic mass is 35.5. The third-order valence-electron chi connectivity index (χ3n) is 5.78. The van der Waals surface area contributed by atoms with E-state index in [0.29, 0.717) is 45.4 Å². The summed E-state index contributed by atoms with van der Waals surface area (Å²) < 4.78 is 0. The Bertz CT molecular complexity index is 1160. The lowest BCUT2D eigenvalue weighted by Crippen LogP contribution is -2.43. The Hall–Kier alpha value is -2.70. The van der Waals surface area contributed by atoms with Gasteiger partial charge in [0.15, 0.2) is 5.78 Å². The van der Waals surface area contributed by atoms with Crippen molar-refractivity contribution in [2.45, 2.75) is 39.0 Å². The average molecular weight is 459 g/mol. The lowest BCUT2D eigenvalue weighted by atomic mass is 9.69. The maximum absolute atomic E-state index is 13.4. The predicted molar refractivity (Wildman–Crippen MR) is 119 cm³/mol. The average Bonchev–Trinajstić information content (AvgIpc) is 2.66. The van der Waals surface area contributed by atoms with E-state index in [4.69, 9.17) is 23.2 Å². The molecular weight excluding hydrogens is 439 g/mol. The number of allylic oxidation sites excluding steroid dienone is 2. The second-order valence-electron chi connectivity index (χ2n) is 8.73. The summed E-state index contributed by atoms with van der Waals surface area (Å²) in [6.45, 7) is 3.95. The van der Waals surface area contributed by atoms with E-state index in [9.17, 15) is 19.7 Å². The first-order chi connectivity index (χ1) is 14.6. The molecule has 0 bridgehead atoms. The Morgan fingerprint density at radius 3 is 2.52 bits per heavy atom. The van der Waals surface area contributed by atoms with E-state index < -0.39 is 10.8 Å². The van der Waals surface area contributed by atoms with Crippen molar-refractivity contribution in [3.05, 3.63) is 79.5 Å². The van der Waals surface area contributed by atoms with Crippen LogP contribution in [0.1, 0.15) is 44.6 Å². The number of carbonyl (C=O) groups is 2. The molecule has 0 aromatic heterocycles. The lowest BCUT2D eigenvalue weighted by Gasteiger charge is -2.43. The zero-order chi connectivity index (χ0) is 22.5. The second kappa shape index (κ2) is 7.77. The summed E-state index contributed by atoms with van der Waals surface area (Å²) >= 11 is 12.5. The van der Waals surface area contributed by atoms with Gasteiger partial charge in [0.05, 0.1) is 10.6 Å². The number of nitro benzene ring substituents is 1. The molecule has 2 aromatic carbocycles. The number of hydrogen-bond donors (Lipinski definition) is 0. The fourth-order valence-electron chi connectivity index (χ4n) is 4.51. The minimum absolute atomic E-state index is 0.0368. The van der Waals surface area contributed by atoms with Crippen LogP contribution in [0.4, 0.5) is 11.4 Å². The quantitative estimate of drug-likeness (QED) is 0.413. The number of non-ortho nitro benzene ring substituents is 1. The largest absolute Gasteiger partial charge is 0.294 e. The van der Waals surface area contributed by atoms with Gasteiger partial charge in [0.1, 0.15) is 0 Å². The smallest absolute Gasteiger partial charge is 0.271 e. The zero-order valence-corrected chi connectivity index (χ0v) is 18.5. The van der Waals surface area contributed by atoms with Gasteiger partial charge in [-0.3, -0.25) is 24.6 Å². The van der Waals surface area contributed by atoms with Gasteiger partial charge >= 0.3 is 0 Å². The maximum Gasteiger partial charge on any atom is 0.271 e. The summed E-state index contributed by atoms with van der Waals surface area (Å²) in [7, 11) is 0. The summed E-state index contributed by atoms with van der Waals surface area (Å²) in [6.07, 6.45) is 0.879. The van der Waals surface area contributed by atoms with Crippen molar-refractivity contribution in [3.8, 4) is 0 Å². The van der Waals surface area contributed by atoms with E-state index in [1.807, 2.05) is 13.8 Å². The minimum atomic E-state index is -0.501. The van der Waals surface area contributed by atoms with Crippen molar-refractivity contribution in [2.24, 2.45) is 5.41 Å². The highest BCUT2D eigenvalue weighted by molar-refractivity contribution is 6.35. The van der Waals surface area contributed by atoms with Gasteiger partial charge in [-0.2, -0.15) is 0 Å². The fourth-order valence-corrected chi connectivity index (χ4v) is 5.05. The number of carbonyl (C=O) groups excluding carboxylic acids is 2. The molecular formula is C23H20Cl2N2O4. The van der Waals surface area contributed by atoms with Crippen molar-refractivity contribution in [2.75, 3.05) is 4.90 Å². The molecule has 1 aliphatic carbocycles. The van der Waals surface area contributed by atoms with Gasteiger partial charge in [-0.05, 0) is 35.6 Å². The minimum Gasteiger partial charge on any atom is -0.294 e. The third kappa shape index (κ3) is 3.98. The van der Waals surface area contributed by atoms with E-state index in [0.717, 1.165) is 0 Å². The number of anilines is 1. The molecule has 0 saturated carbocycles. The zero-order valence-electron chi connectivity index (χ0n) is 17.0. The molecule has 4 rings (SSSR count). The van der Waals surface area contributed by atoms with Crippen LogP contribution in [-0.2, 0) is 9.59 Å². The second-order valence-corrected chi connectivity index (χ2v) is 9.57. The molecule has 2 aliphatic rings. The standard InChI is InChI=1S/C23H20Cl2N2O4/c1-23(2)11-19-22(20(28)12-23)17(16-7-6-13(24)8-18(16)25)10-21(29)26(19)14-4-3-5-15(9-14)27(30)31/h3-9,17H,10-12H2,1-2H3. The van der Waals surface area contributed by atoms with Crippen LogP contribution in [0.15, 0.2) is 53.7 Å². The highest BCUT2D eigenvalue weighted by Crippen LogP contribution is 2.49. The van der Waals surface area contributed by atoms with Crippen LogP contribution in [0.2, 0.25) is 10.0 Å².